The molecule has 2 rings (SSSR count). The summed E-state index contributed by atoms with van der Waals surface area (Å²) in [5.74, 6) is 0.686. The number of aryl methyl sites for hydroxylation is 1. The van der Waals surface area contributed by atoms with Crippen LogP contribution in [-0.2, 0) is 16.0 Å². The summed E-state index contributed by atoms with van der Waals surface area (Å²) in [6.45, 7) is -0.327. The summed E-state index contributed by atoms with van der Waals surface area (Å²) in [6.07, 6.45) is 0.607. The molecule has 0 aliphatic carbocycles. The van der Waals surface area contributed by atoms with E-state index < -0.39 is 5.91 Å². The van der Waals surface area contributed by atoms with Crippen LogP contribution in [0.3, 0.4) is 0 Å². The summed E-state index contributed by atoms with van der Waals surface area (Å²) in [7, 11) is 3.11. The highest BCUT2D eigenvalue weighted by atomic mass is 16.5. The molecule has 8 nitrogen and oxygen atoms in total. The number of methoxy groups -OCH3 is 2. The van der Waals surface area contributed by atoms with Crippen LogP contribution in [0.4, 0.5) is 0 Å². The Kier molecular flexibility index (Phi) is 7.66. The molecule has 8 heteroatoms. The van der Waals surface area contributed by atoms with Crippen LogP contribution in [0.1, 0.15) is 17.5 Å². The number of carbonyl (C=O) groups excluding carboxylic acids is 2. The predicted octanol–water partition coefficient (Wildman–Crippen LogP) is 1.73. The Balaban J connectivity index is 1.76. The van der Waals surface area contributed by atoms with Crippen molar-refractivity contribution in [3.63, 3.8) is 0 Å². The number of hydrogen-bond acceptors (Lipinski definition) is 6. The van der Waals surface area contributed by atoms with E-state index in [9.17, 15) is 9.59 Å². The van der Waals surface area contributed by atoms with E-state index in [1.165, 1.54) is 0 Å². The minimum absolute atomic E-state index is 0.161. The molecule has 28 heavy (non-hydrogen) atoms. The van der Waals surface area contributed by atoms with Crippen LogP contribution in [0, 0.1) is 11.3 Å². The number of para-hydroxylation sites is 1. The number of nitrogens with zero attached hydrogens (tertiary/aromatic N) is 1. The van der Waals surface area contributed by atoms with Crippen LogP contribution < -0.4 is 25.1 Å². The van der Waals surface area contributed by atoms with Crippen LogP contribution in [-0.4, -0.2) is 32.6 Å². The van der Waals surface area contributed by atoms with E-state index in [-0.39, 0.29) is 18.9 Å². The zero-order valence-corrected chi connectivity index (χ0v) is 15.7. The molecule has 146 valence electrons. The van der Waals surface area contributed by atoms with Gasteiger partial charge < -0.3 is 14.2 Å². The average molecular weight is 383 g/mol. The van der Waals surface area contributed by atoms with Crippen LogP contribution in [0.5, 0.6) is 17.2 Å². The highest BCUT2D eigenvalue weighted by Crippen LogP contribution is 2.23. The maximum Gasteiger partial charge on any atom is 0.276 e. The molecular formula is C20H21N3O5. The number of rotatable bonds is 8. The van der Waals surface area contributed by atoms with E-state index in [1.807, 2.05) is 18.2 Å². The van der Waals surface area contributed by atoms with E-state index >= 15 is 0 Å². The van der Waals surface area contributed by atoms with Gasteiger partial charge in [-0.1, -0.05) is 12.1 Å². The highest BCUT2D eigenvalue weighted by Gasteiger charge is 2.09. The van der Waals surface area contributed by atoms with Gasteiger partial charge in [0, 0.05) is 12.5 Å². The van der Waals surface area contributed by atoms with Crippen molar-refractivity contribution >= 4 is 11.8 Å². The molecule has 0 aromatic heterocycles. The minimum atomic E-state index is -0.538. The summed E-state index contributed by atoms with van der Waals surface area (Å²) in [5, 5.41) is 8.98. The first kappa shape index (κ1) is 20.6. The minimum Gasteiger partial charge on any atom is -0.497 e. The van der Waals surface area contributed by atoms with Gasteiger partial charge >= 0.3 is 0 Å². The second kappa shape index (κ2) is 10.4. The smallest absolute Gasteiger partial charge is 0.276 e. The molecule has 2 N–H and O–H groups in total. The number of hydrazine groups is 1. The van der Waals surface area contributed by atoms with Crippen LogP contribution in [0.15, 0.2) is 42.5 Å². The molecule has 0 heterocycles. The maximum absolute atomic E-state index is 11.9. The third-order valence-corrected chi connectivity index (χ3v) is 3.76. The molecule has 0 unspecified atom stereocenters. The molecule has 2 amide bonds. The lowest BCUT2D eigenvalue weighted by Gasteiger charge is -2.10. The molecule has 0 atom stereocenters. The largest absolute Gasteiger partial charge is 0.497 e. The Morgan fingerprint density at radius 3 is 2.29 bits per heavy atom. The van der Waals surface area contributed by atoms with Gasteiger partial charge in [0.1, 0.15) is 23.3 Å². The van der Waals surface area contributed by atoms with E-state index in [2.05, 4.69) is 10.9 Å². The number of hydrogen-bond donors (Lipinski definition) is 2. The first-order valence-electron chi connectivity index (χ1n) is 8.47. The average Bonchev–Trinajstić information content (AvgIpc) is 2.74. The number of nitriles is 1. The lowest BCUT2D eigenvalue weighted by Crippen LogP contribution is -2.43. The van der Waals surface area contributed by atoms with Gasteiger partial charge in [-0.05, 0) is 36.2 Å². The Morgan fingerprint density at radius 2 is 1.64 bits per heavy atom. The molecule has 0 radical (unpaired) electrons. The lowest BCUT2D eigenvalue weighted by atomic mass is 10.1. The number of amides is 2. The van der Waals surface area contributed by atoms with Crippen molar-refractivity contribution in [1.82, 2.24) is 10.9 Å². The van der Waals surface area contributed by atoms with Gasteiger partial charge in [0.05, 0.1) is 19.8 Å². The SMILES string of the molecule is COc1cc(CCC(=O)NNC(=O)COc2ccccc2C#N)cc(OC)c1. The van der Waals surface area contributed by atoms with Crippen LogP contribution >= 0.6 is 0 Å². The van der Waals surface area contributed by atoms with Crippen molar-refractivity contribution in [3.8, 4) is 23.3 Å². The van der Waals surface area contributed by atoms with E-state index in [4.69, 9.17) is 19.5 Å². The number of carbonyl (C=O) groups is 2. The Bertz CT molecular complexity index is 854. The fraction of sp³-hybridized carbons (Fsp3) is 0.250. The molecular weight excluding hydrogens is 362 g/mol. The number of ether oxygens (including phenoxy) is 3. The second-order valence-electron chi connectivity index (χ2n) is 5.71. The first-order chi connectivity index (χ1) is 13.5. The topological polar surface area (TPSA) is 110 Å². The van der Waals surface area contributed by atoms with Crippen molar-refractivity contribution in [1.29, 1.82) is 5.26 Å². The lowest BCUT2D eigenvalue weighted by molar-refractivity contribution is -0.130. The van der Waals surface area contributed by atoms with Crippen LogP contribution in [0.25, 0.3) is 0 Å². The van der Waals surface area contributed by atoms with Crippen LogP contribution in [0.2, 0.25) is 0 Å². The standard InChI is InChI=1S/C20H21N3O5/c1-26-16-9-14(10-17(11-16)27-2)7-8-19(24)22-23-20(25)13-28-18-6-4-3-5-15(18)12-21/h3-6,9-11H,7-8,13H2,1-2H3,(H,22,24)(H,23,25). The number of benzene rings is 2. The third-order valence-electron chi connectivity index (χ3n) is 3.76. The normalized spacial score (nSPS) is 9.75. The fourth-order valence-corrected chi connectivity index (χ4v) is 2.33. The number of nitrogens with one attached hydrogen (secondary N) is 2. The molecule has 0 aliphatic heterocycles. The van der Waals surface area contributed by atoms with Gasteiger partial charge in [-0.15, -0.1) is 0 Å². The van der Waals surface area contributed by atoms with Crippen molar-refractivity contribution in [2.75, 3.05) is 20.8 Å². The first-order valence-corrected chi connectivity index (χ1v) is 8.47. The Labute approximate surface area is 163 Å². The second-order valence-corrected chi connectivity index (χ2v) is 5.71. The van der Waals surface area contributed by atoms with Crippen molar-refractivity contribution < 1.29 is 23.8 Å². The predicted molar refractivity (Wildman–Crippen MR) is 101 cm³/mol. The molecule has 0 spiro atoms. The molecule has 0 fully saturated rings. The summed E-state index contributed by atoms with van der Waals surface area (Å²) in [6, 6.07) is 13.9. The summed E-state index contributed by atoms with van der Waals surface area (Å²) >= 11 is 0. The molecule has 0 saturated heterocycles. The fourth-order valence-electron chi connectivity index (χ4n) is 2.33. The molecule has 0 aliphatic rings. The van der Waals surface area contributed by atoms with Gasteiger partial charge in [-0.25, -0.2) is 0 Å². The van der Waals surface area contributed by atoms with E-state index in [0.29, 0.717) is 29.2 Å². The maximum atomic E-state index is 11.9. The van der Waals surface area contributed by atoms with Gasteiger partial charge in [0.25, 0.3) is 5.91 Å². The van der Waals surface area contributed by atoms with Gasteiger partial charge in [0.2, 0.25) is 5.91 Å². The van der Waals surface area contributed by atoms with E-state index in [1.54, 1.807) is 44.6 Å². The zero-order chi connectivity index (χ0) is 20.4. The van der Waals surface area contributed by atoms with Gasteiger partial charge in [-0.3, -0.25) is 20.4 Å². The molecule has 0 saturated carbocycles. The van der Waals surface area contributed by atoms with Crippen molar-refractivity contribution in [3.05, 3.63) is 53.6 Å². The van der Waals surface area contributed by atoms with E-state index in [0.717, 1.165) is 5.56 Å². The van der Waals surface area contributed by atoms with Crippen molar-refractivity contribution in [2.45, 2.75) is 12.8 Å². The Hall–Kier alpha value is -3.73. The summed E-state index contributed by atoms with van der Waals surface area (Å²) < 4.78 is 15.7. The monoisotopic (exact) mass is 383 g/mol. The molecule has 2 aromatic carbocycles. The van der Waals surface area contributed by atoms with Gasteiger partial charge in [-0.2, -0.15) is 5.26 Å². The molecule has 0 bridgehead atoms. The van der Waals surface area contributed by atoms with Crippen molar-refractivity contribution in [2.24, 2.45) is 0 Å². The summed E-state index contributed by atoms with van der Waals surface area (Å²) in [4.78, 5) is 23.7. The quantitative estimate of drug-likeness (QED) is 0.672. The highest BCUT2D eigenvalue weighted by molar-refractivity contribution is 5.82. The Morgan fingerprint density at radius 1 is 1.00 bits per heavy atom. The zero-order valence-electron chi connectivity index (χ0n) is 15.7. The van der Waals surface area contributed by atoms with Gasteiger partial charge in [0.15, 0.2) is 6.61 Å². The molecule has 2 aromatic rings. The summed E-state index contributed by atoms with van der Waals surface area (Å²) in [5.41, 5.74) is 5.80. The third kappa shape index (κ3) is 6.21.